The van der Waals surface area contributed by atoms with Gasteiger partial charge in [0.1, 0.15) is 41.5 Å². The topological polar surface area (TPSA) is 174 Å². The minimum absolute atomic E-state index is 0.173. The first-order chi connectivity index (χ1) is 27.6. The van der Waals surface area contributed by atoms with Gasteiger partial charge in [0, 0.05) is 39.1 Å². The molecule has 0 bridgehead atoms. The lowest BCUT2D eigenvalue weighted by atomic mass is 9.85. The maximum absolute atomic E-state index is 15.0. The highest BCUT2D eigenvalue weighted by atomic mass is 35.5. The number of benzene rings is 2. The second-order valence-electron chi connectivity index (χ2n) is 16.4. The molecule has 8 rings (SSSR count). The Bertz CT molecular complexity index is 2350. The number of epoxide rings is 1. The number of thiazole rings is 1. The maximum Gasteiger partial charge on any atom is 0.254 e. The van der Waals surface area contributed by atoms with Crippen molar-refractivity contribution in [1.82, 2.24) is 24.9 Å². The fourth-order valence-electron chi connectivity index (χ4n) is 7.76. The van der Waals surface area contributed by atoms with Crippen molar-refractivity contribution in [3.63, 3.8) is 0 Å². The first-order valence-electron chi connectivity index (χ1n) is 19.2. The molecule has 2 saturated heterocycles. The first kappa shape index (κ1) is 40.3. The van der Waals surface area contributed by atoms with Crippen molar-refractivity contribution in [3.8, 4) is 28.6 Å². The largest absolute Gasteiger partial charge is 0.497 e. The molecule has 2 aromatic heterocycles. The van der Waals surface area contributed by atoms with Crippen LogP contribution in [0.2, 0.25) is 5.02 Å². The van der Waals surface area contributed by atoms with Crippen molar-refractivity contribution in [3.05, 3.63) is 71.7 Å². The summed E-state index contributed by atoms with van der Waals surface area (Å²) in [5, 5.41) is 10.7. The number of fused-ring (bicyclic) bond motifs is 1. The van der Waals surface area contributed by atoms with Crippen LogP contribution < -0.4 is 29.6 Å². The van der Waals surface area contributed by atoms with Crippen LogP contribution in [-0.2, 0) is 24.3 Å². The van der Waals surface area contributed by atoms with Crippen LogP contribution in [0.1, 0.15) is 46.5 Å². The molecule has 14 nitrogen and oxygen atoms in total. The van der Waals surface area contributed by atoms with E-state index in [0.29, 0.717) is 52.9 Å². The molecule has 2 amide bonds. The zero-order valence-electron chi connectivity index (χ0n) is 32.9. The fraction of sp³-hybridized carbons (Fsp3) is 0.463. The van der Waals surface area contributed by atoms with Crippen molar-refractivity contribution in [1.29, 1.82) is 0 Å². The van der Waals surface area contributed by atoms with Crippen molar-refractivity contribution >= 4 is 60.7 Å². The number of hydrogen-bond acceptors (Lipinski definition) is 13. The van der Waals surface area contributed by atoms with Crippen molar-refractivity contribution in [2.75, 3.05) is 26.1 Å². The first-order valence-corrected chi connectivity index (χ1v) is 22.0. The highest BCUT2D eigenvalue weighted by Gasteiger charge is 2.65. The van der Waals surface area contributed by atoms with Crippen molar-refractivity contribution in [2.24, 2.45) is 11.3 Å². The van der Waals surface area contributed by atoms with Gasteiger partial charge in [0.15, 0.2) is 5.13 Å². The molecule has 3 N–H and O–H groups in total. The Hall–Kier alpha value is -4.48. The van der Waals surface area contributed by atoms with Crippen LogP contribution in [-0.4, -0.2) is 97.2 Å². The molecule has 308 valence electrons. The number of ether oxygens (including phenoxy) is 4. The van der Waals surface area contributed by atoms with Gasteiger partial charge in [0.2, 0.25) is 21.8 Å². The number of likely N-dealkylation sites (tertiary alicyclic amines) is 1. The van der Waals surface area contributed by atoms with E-state index >= 15 is 0 Å². The molecule has 2 aliphatic carbocycles. The van der Waals surface area contributed by atoms with Gasteiger partial charge in [-0.3, -0.25) is 19.6 Å². The molecule has 4 aliphatic rings. The van der Waals surface area contributed by atoms with Gasteiger partial charge in [-0.05, 0) is 67.1 Å². The predicted molar refractivity (Wildman–Crippen MR) is 222 cm³/mol. The zero-order valence-corrected chi connectivity index (χ0v) is 35.2. The summed E-state index contributed by atoms with van der Waals surface area (Å²) in [5.41, 5.74) is -0.0677. The van der Waals surface area contributed by atoms with Gasteiger partial charge < -0.3 is 29.2 Å². The molecule has 2 aliphatic heterocycles. The van der Waals surface area contributed by atoms with E-state index < -0.39 is 62.7 Å². The number of pyridine rings is 1. The number of carbonyl (C=O) groups is 2. The van der Waals surface area contributed by atoms with E-state index in [0.717, 1.165) is 22.4 Å². The summed E-state index contributed by atoms with van der Waals surface area (Å²) in [6.07, 6.45) is 3.42. The number of nitrogens with zero attached hydrogens (tertiary/aromatic N) is 3. The lowest BCUT2D eigenvalue weighted by molar-refractivity contribution is -0.135. The number of nitrogens with one attached hydrogen (secondary N) is 3. The van der Waals surface area contributed by atoms with E-state index in [9.17, 15) is 18.0 Å². The Morgan fingerprint density at radius 2 is 1.88 bits per heavy atom. The summed E-state index contributed by atoms with van der Waals surface area (Å²) in [5.74, 6) is 0.574. The third kappa shape index (κ3) is 7.96. The molecule has 4 fully saturated rings. The average molecular weight is 851 g/mol. The summed E-state index contributed by atoms with van der Waals surface area (Å²) in [6.45, 7) is 10.1. The third-order valence-corrected chi connectivity index (χ3v) is 14.2. The van der Waals surface area contributed by atoms with Gasteiger partial charge in [-0.1, -0.05) is 38.4 Å². The molecule has 4 heterocycles. The van der Waals surface area contributed by atoms with Gasteiger partial charge in [-0.2, -0.15) is 0 Å². The molecule has 0 spiro atoms. The maximum atomic E-state index is 15.0. The van der Waals surface area contributed by atoms with Crippen molar-refractivity contribution in [2.45, 2.75) is 87.8 Å². The van der Waals surface area contributed by atoms with Gasteiger partial charge >= 0.3 is 0 Å². The predicted octanol–water partition coefficient (Wildman–Crippen LogP) is 5.77. The second kappa shape index (κ2) is 15.3. The minimum atomic E-state index is -3.77. The van der Waals surface area contributed by atoms with Crippen LogP contribution in [0.25, 0.3) is 22.0 Å². The average Bonchev–Trinajstić information content (AvgIpc) is 4.16. The van der Waals surface area contributed by atoms with Gasteiger partial charge in [-0.15, -0.1) is 17.9 Å². The SMILES string of the molecule is C=C[C@@H]1C[C@]1(NC1OC1[C@@H]1C[C@@H](Oc2ncc(OC)c3ccc(Cl)cc23)CN1C(=O)[C@@H](Nc1nc(-c2ccc(OC)cc2)cs1)C(C)(C)C)C(=O)NS(=O)(=O)C1CC1. The standard InChI is InChI=1S/C41H47ClN6O8S2/c1-7-23-18-41(23,38(50)47-58(51,52)27-13-14-27)46-36-33(56-36)31-17-26(55-35-29-16-24(42)10-15-28(29)32(54-6)19-43-35)20-48(31)37(49)34(40(2,3)4)45-39-44-30(21-57-39)22-8-11-25(53-5)12-9-22/h7-12,15-16,19,21,23,26-27,31,33-34,36,46H,1,13-14,17-18,20H2,2-6H3,(H,44,45)(H,47,50)/t23-,26-,31+,33?,34-,36?,41-/m1/s1. The summed E-state index contributed by atoms with van der Waals surface area (Å²) < 4.78 is 51.5. The normalized spacial score (nSPS) is 25.8. The molecule has 4 aromatic rings. The Labute approximate surface area is 346 Å². The Kier molecular flexibility index (Phi) is 10.6. The van der Waals surface area contributed by atoms with Crippen LogP contribution in [0, 0.1) is 11.3 Å². The number of rotatable bonds is 15. The Morgan fingerprint density at radius 3 is 2.53 bits per heavy atom. The molecule has 2 unspecified atom stereocenters. The van der Waals surface area contributed by atoms with E-state index in [4.69, 9.17) is 35.5 Å². The highest BCUT2D eigenvalue weighted by Crippen LogP contribution is 2.48. The summed E-state index contributed by atoms with van der Waals surface area (Å²) >= 11 is 7.83. The number of carbonyl (C=O) groups excluding carboxylic acids is 2. The van der Waals surface area contributed by atoms with Crippen LogP contribution >= 0.6 is 22.9 Å². The lowest BCUT2D eigenvalue weighted by Crippen LogP contribution is -2.54. The van der Waals surface area contributed by atoms with E-state index in [1.807, 2.05) is 56.5 Å². The van der Waals surface area contributed by atoms with Crippen molar-refractivity contribution < 1.29 is 37.0 Å². The Balaban J connectivity index is 1.06. The van der Waals surface area contributed by atoms with E-state index in [1.54, 1.807) is 43.5 Å². The summed E-state index contributed by atoms with van der Waals surface area (Å²) in [6, 6.07) is 11.8. The summed E-state index contributed by atoms with van der Waals surface area (Å²) in [7, 11) is -0.585. The van der Waals surface area contributed by atoms with Crippen LogP contribution in [0.5, 0.6) is 17.4 Å². The highest BCUT2D eigenvalue weighted by molar-refractivity contribution is 7.91. The van der Waals surface area contributed by atoms with Crippen LogP contribution in [0.3, 0.4) is 0 Å². The molecular formula is C41H47ClN6O8S2. The molecule has 0 radical (unpaired) electrons. The number of methoxy groups -OCH3 is 2. The quantitative estimate of drug-likeness (QED) is 0.0975. The van der Waals surface area contributed by atoms with Gasteiger partial charge in [0.25, 0.3) is 5.91 Å². The number of halogens is 1. The number of hydrogen-bond donors (Lipinski definition) is 3. The summed E-state index contributed by atoms with van der Waals surface area (Å²) in [4.78, 5) is 39.7. The third-order valence-electron chi connectivity index (χ3n) is 11.3. The smallest absolute Gasteiger partial charge is 0.254 e. The molecule has 7 atom stereocenters. The number of amides is 2. The molecule has 17 heteroatoms. The Morgan fingerprint density at radius 1 is 1.12 bits per heavy atom. The molecule has 2 saturated carbocycles. The minimum Gasteiger partial charge on any atom is -0.497 e. The molecule has 2 aromatic carbocycles. The van der Waals surface area contributed by atoms with E-state index in [1.165, 1.54) is 11.3 Å². The number of aromatic nitrogens is 2. The number of anilines is 1. The van der Waals surface area contributed by atoms with Crippen LogP contribution in [0.4, 0.5) is 5.13 Å². The second-order valence-corrected chi connectivity index (χ2v) is 19.7. The number of sulfonamides is 1. The van der Waals surface area contributed by atoms with E-state index in [-0.39, 0.29) is 18.4 Å². The van der Waals surface area contributed by atoms with Crippen LogP contribution in [0.15, 0.2) is 66.7 Å². The molecular weight excluding hydrogens is 804 g/mol. The van der Waals surface area contributed by atoms with Gasteiger partial charge in [0.05, 0.1) is 43.9 Å². The monoisotopic (exact) mass is 850 g/mol. The van der Waals surface area contributed by atoms with E-state index in [2.05, 4.69) is 26.9 Å². The zero-order chi connectivity index (χ0) is 41.1. The van der Waals surface area contributed by atoms with Gasteiger partial charge in [-0.25, -0.2) is 18.4 Å². The fourth-order valence-corrected chi connectivity index (χ4v) is 10.0. The lowest BCUT2D eigenvalue weighted by Gasteiger charge is -2.35. The molecule has 58 heavy (non-hydrogen) atoms.